The van der Waals surface area contributed by atoms with E-state index in [9.17, 15) is 9.50 Å². The van der Waals surface area contributed by atoms with Gasteiger partial charge in [0.2, 0.25) is 0 Å². The molecule has 0 aromatic heterocycles. The van der Waals surface area contributed by atoms with Gasteiger partial charge in [-0.25, -0.2) is 4.39 Å². The van der Waals surface area contributed by atoms with Gasteiger partial charge < -0.3 is 5.11 Å². The number of phenols is 1. The van der Waals surface area contributed by atoms with Gasteiger partial charge in [0.25, 0.3) is 0 Å². The first-order valence-corrected chi connectivity index (χ1v) is 6.35. The molecule has 0 saturated heterocycles. The molecule has 0 fully saturated rings. The topological polar surface area (TPSA) is 56.0 Å². The van der Waals surface area contributed by atoms with Gasteiger partial charge in [-0.05, 0) is 41.8 Å². The number of aromatic hydroxyl groups is 1. The third-order valence-corrected chi connectivity index (χ3v) is 3.01. The van der Waals surface area contributed by atoms with Crippen molar-refractivity contribution in [3.8, 4) is 11.8 Å². The number of nitrogens with one attached hydrogen (secondary N) is 1. The van der Waals surface area contributed by atoms with Gasteiger partial charge in [0, 0.05) is 6.54 Å². The zero-order chi connectivity index (χ0) is 14.4. The van der Waals surface area contributed by atoms with Crippen molar-refractivity contribution in [2.75, 3.05) is 6.54 Å². The zero-order valence-corrected chi connectivity index (χ0v) is 10.9. The Morgan fingerprint density at radius 2 is 1.95 bits per heavy atom. The molecule has 2 rings (SSSR count). The monoisotopic (exact) mass is 270 g/mol. The van der Waals surface area contributed by atoms with Crippen LogP contribution in [0, 0.1) is 17.1 Å². The molecule has 0 aliphatic heterocycles. The van der Waals surface area contributed by atoms with Crippen LogP contribution in [0.1, 0.15) is 17.2 Å². The molecular formula is C16H15FN2O. The molecule has 0 saturated carbocycles. The number of halogens is 1. The Balaban J connectivity index is 1.92. The van der Waals surface area contributed by atoms with E-state index in [0.717, 1.165) is 11.1 Å². The van der Waals surface area contributed by atoms with Gasteiger partial charge in [0.05, 0.1) is 6.07 Å². The number of hydrogen-bond acceptors (Lipinski definition) is 3. The number of phenolic OH excluding ortho intramolecular Hbond substituents is 1. The first-order valence-electron chi connectivity index (χ1n) is 6.35. The number of benzene rings is 2. The van der Waals surface area contributed by atoms with Crippen LogP contribution >= 0.6 is 0 Å². The van der Waals surface area contributed by atoms with E-state index in [2.05, 4.69) is 11.4 Å². The smallest absolute Gasteiger partial charge is 0.123 e. The Morgan fingerprint density at radius 3 is 2.60 bits per heavy atom. The van der Waals surface area contributed by atoms with E-state index in [1.807, 2.05) is 0 Å². The van der Waals surface area contributed by atoms with Crippen LogP contribution in [0.4, 0.5) is 4.39 Å². The predicted octanol–water partition coefficient (Wildman–Crippen LogP) is 2.93. The van der Waals surface area contributed by atoms with Crippen LogP contribution in [0.2, 0.25) is 0 Å². The van der Waals surface area contributed by atoms with Crippen LogP contribution < -0.4 is 5.32 Å². The van der Waals surface area contributed by atoms with Gasteiger partial charge in [-0.1, -0.05) is 24.3 Å². The van der Waals surface area contributed by atoms with Crippen molar-refractivity contribution >= 4 is 0 Å². The highest BCUT2D eigenvalue weighted by atomic mass is 19.1. The number of rotatable bonds is 5. The molecule has 0 amide bonds. The largest absolute Gasteiger partial charge is 0.508 e. The Bertz CT molecular complexity index is 605. The van der Waals surface area contributed by atoms with E-state index in [-0.39, 0.29) is 11.6 Å². The van der Waals surface area contributed by atoms with Crippen LogP contribution in [0.15, 0.2) is 48.5 Å². The predicted molar refractivity (Wildman–Crippen MR) is 74.6 cm³/mol. The molecule has 0 aliphatic rings. The second-order valence-corrected chi connectivity index (χ2v) is 4.49. The summed E-state index contributed by atoms with van der Waals surface area (Å²) < 4.78 is 12.8. The van der Waals surface area contributed by atoms with Gasteiger partial charge in [-0.15, -0.1) is 0 Å². The fourth-order valence-electron chi connectivity index (χ4n) is 1.95. The van der Waals surface area contributed by atoms with Crippen molar-refractivity contribution in [2.24, 2.45) is 0 Å². The summed E-state index contributed by atoms with van der Waals surface area (Å²) in [6, 6.07) is 14.6. The minimum atomic E-state index is -0.470. The molecule has 0 aliphatic carbocycles. The molecule has 0 bridgehead atoms. The molecule has 0 heterocycles. The number of hydrogen-bond donors (Lipinski definition) is 2. The summed E-state index contributed by atoms with van der Waals surface area (Å²) in [5.74, 6) is -0.112. The van der Waals surface area contributed by atoms with Gasteiger partial charge in [-0.2, -0.15) is 5.26 Å². The summed E-state index contributed by atoms with van der Waals surface area (Å²) in [5, 5.41) is 21.7. The fraction of sp³-hybridized carbons (Fsp3) is 0.188. The Hall–Kier alpha value is -2.38. The van der Waals surface area contributed by atoms with E-state index in [1.54, 1.807) is 36.4 Å². The molecule has 0 radical (unpaired) electrons. The van der Waals surface area contributed by atoms with Gasteiger partial charge >= 0.3 is 0 Å². The zero-order valence-electron chi connectivity index (χ0n) is 10.9. The van der Waals surface area contributed by atoms with E-state index in [4.69, 9.17) is 5.26 Å². The first kappa shape index (κ1) is 14.0. The van der Waals surface area contributed by atoms with E-state index < -0.39 is 6.04 Å². The lowest BCUT2D eigenvalue weighted by Crippen LogP contribution is -2.22. The molecule has 2 aromatic rings. The molecule has 0 spiro atoms. The highest BCUT2D eigenvalue weighted by molar-refractivity contribution is 5.32. The van der Waals surface area contributed by atoms with Crippen LogP contribution in [-0.4, -0.2) is 11.7 Å². The van der Waals surface area contributed by atoms with Gasteiger partial charge in [-0.3, -0.25) is 5.32 Å². The number of nitrogens with zero attached hydrogens (tertiary/aromatic N) is 1. The van der Waals surface area contributed by atoms with Crippen LogP contribution in [0.25, 0.3) is 0 Å². The molecule has 1 atom stereocenters. The van der Waals surface area contributed by atoms with Crippen LogP contribution in [0.5, 0.6) is 5.75 Å². The summed E-state index contributed by atoms with van der Waals surface area (Å²) in [6.45, 7) is 0.597. The van der Waals surface area contributed by atoms with Crippen molar-refractivity contribution in [2.45, 2.75) is 12.5 Å². The quantitative estimate of drug-likeness (QED) is 0.878. The standard InChI is InChI=1S/C16H15FN2O/c17-14-6-4-12(5-7-14)8-9-19-16(11-18)13-2-1-3-15(20)10-13/h1-7,10,16,19-20H,8-9H2. The molecule has 3 nitrogen and oxygen atoms in total. The minimum Gasteiger partial charge on any atom is -0.508 e. The lowest BCUT2D eigenvalue weighted by Gasteiger charge is -2.12. The van der Waals surface area contributed by atoms with E-state index in [0.29, 0.717) is 13.0 Å². The Labute approximate surface area is 117 Å². The van der Waals surface area contributed by atoms with Gasteiger partial charge in [0.1, 0.15) is 17.6 Å². The lowest BCUT2D eigenvalue weighted by atomic mass is 10.1. The maximum Gasteiger partial charge on any atom is 0.123 e. The summed E-state index contributed by atoms with van der Waals surface area (Å²) in [6.07, 6.45) is 0.706. The van der Waals surface area contributed by atoms with Crippen molar-refractivity contribution in [1.82, 2.24) is 5.32 Å². The maximum atomic E-state index is 12.8. The SMILES string of the molecule is N#CC(NCCc1ccc(F)cc1)c1cccc(O)c1. The molecule has 20 heavy (non-hydrogen) atoms. The second kappa shape index (κ2) is 6.69. The minimum absolute atomic E-state index is 0.142. The second-order valence-electron chi connectivity index (χ2n) is 4.49. The van der Waals surface area contributed by atoms with Gasteiger partial charge in [0.15, 0.2) is 0 Å². The maximum absolute atomic E-state index is 12.8. The molecule has 2 N–H and O–H groups in total. The summed E-state index contributed by atoms with van der Waals surface area (Å²) in [5.41, 5.74) is 1.73. The lowest BCUT2D eigenvalue weighted by molar-refractivity contribution is 0.473. The molecular weight excluding hydrogens is 255 g/mol. The summed E-state index contributed by atoms with van der Waals surface area (Å²) in [7, 11) is 0. The molecule has 2 aromatic carbocycles. The first-order chi connectivity index (χ1) is 9.69. The third-order valence-electron chi connectivity index (χ3n) is 3.01. The molecule has 1 unspecified atom stereocenters. The highest BCUT2D eigenvalue weighted by Gasteiger charge is 2.09. The highest BCUT2D eigenvalue weighted by Crippen LogP contribution is 2.17. The third kappa shape index (κ3) is 3.81. The van der Waals surface area contributed by atoms with Crippen molar-refractivity contribution in [3.05, 3.63) is 65.5 Å². The fourth-order valence-corrected chi connectivity index (χ4v) is 1.95. The average Bonchev–Trinajstić information content (AvgIpc) is 2.45. The summed E-state index contributed by atoms with van der Waals surface area (Å²) in [4.78, 5) is 0. The van der Waals surface area contributed by atoms with Crippen molar-refractivity contribution < 1.29 is 9.50 Å². The molecule has 4 heteroatoms. The normalized spacial score (nSPS) is 11.8. The summed E-state index contributed by atoms with van der Waals surface area (Å²) >= 11 is 0. The number of nitriles is 1. The average molecular weight is 270 g/mol. The Morgan fingerprint density at radius 1 is 1.20 bits per heavy atom. The van der Waals surface area contributed by atoms with Crippen molar-refractivity contribution in [3.63, 3.8) is 0 Å². The Kier molecular flexibility index (Phi) is 4.70. The van der Waals surface area contributed by atoms with E-state index >= 15 is 0 Å². The van der Waals surface area contributed by atoms with Crippen LogP contribution in [0.3, 0.4) is 0 Å². The van der Waals surface area contributed by atoms with Crippen molar-refractivity contribution in [1.29, 1.82) is 5.26 Å². The van der Waals surface area contributed by atoms with E-state index in [1.165, 1.54) is 12.1 Å². The molecule has 102 valence electrons. The van der Waals surface area contributed by atoms with Crippen LogP contribution in [-0.2, 0) is 6.42 Å².